The third-order valence-corrected chi connectivity index (χ3v) is 9.49. The summed E-state index contributed by atoms with van der Waals surface area (Å²) in [4.78, 5) is 0. The predicted octanol–water partition coefficient (Wildman–Crippen LogP) is 8.27. The van der Waals surface area contributed by atoms with Crippen LogP contribution in [0.5, 0.6) is 0 Å². The molecule has 0 amide bonds. The van der Waals surface area contributed by atoms with E-state index < -0.39 is 0 Å². The Bertz CT molecular complexity index is 482. The van der Waals surface area contributed by atoms with Gasteiger partial charge in [0.1, 0.15) is 0 Å². The average Bonchev–Trinajstić information content (AvgIpc) is 2.85. The van der Waals surface area contributed by atoms with Crippen molar-refractivity contribution in [1.29, 1.82) is 0 Å². The highest BCUT2D eigenvalue weighted by Gasteiger charge is 2.30. The Morgan fingerprint density at radius 1 is 0.441 bits per heavy atom. The number of hydrogen-bond donors (Lipinski definition) is 0. The van der Waals surface area contributed by atoms with E-state index in [2.05, 4.69) is 41.5 Å². The Balaban J connectivity index is 1.26. The molecular formula is C30H56O4. The molecule has 0 aliphatic heterocycles. The zero-order valence-corrected chi connectivity index (χ0v) is 23.3. The van der Waals surface area contributed by atoms with Crippen molar-refractivity contribution in [3.63, 3.8) is 0 Å². The fourth-order valence-corrected chi connectivity index (χ4v) is 6.71. The molecule has 3 fully saturated rings. The van der Waals surface area contributed by atoms with Crippen LogP contribution in [0.3, 0.4) is 0 Å². The molecule has 0 aromatic heterocycles. The molecule has 0 spiro atoms. The molecule has 0 aromatic rings. The van der Waals surface area contributed by atoms with Gasteiger partial charge in [0.25, 0.3) is 0 Å². The molecule has 0 aromatic carbocycles. The summed E-state index contributed by atoms with van der Waals surface area (Å²) < 4.78 is 25.2. The highest BCUT2D eigenvalue weighted by molar-refractivity contribution is 4.78. The van der Waals surface area contributed by atoms with Crippen molar-refractivity contribution in [3.8, 4) is 0 Å². The molecule has 200 valence electrons. The van der Waals surface area contributed by atoms with E-state index in [1.165, 1.54) is 64.2 Å². The van der Waals surface area contributed by atoms with E-state index in [1.54, 1.807) is 0 Å². The lowest BCUT2D eigenvalue weighted by Crippen LogP contribution is -2.35. The van der Waals surface area contributed by atoms with E-state index in [9.17, 15) is 0 Å². The summed E-state index contributed by atoms with van der Waals surface area (Å²) >= 11 is 0. The summed E-state index contributed by atoms with van der Waals surface area (Å²) in [6, 6.07) is 0. The van der Waals surface area contributed by atoms with Crippen molar-refractivity contribution in [2.24, 2.45) is 23.7 Å². The molecule has 0 N–H and O–H groups in total. The first-order valence-electron chi connectivity index (χ1n) is 15.0. The molecule has 0 saturated heterocycles. The third kappa shape index (κ3) is 9.05. The van der Waals surface area contributed by atoms with E-state index in [-0.39, 0.29) is 12.6 Å². The van der Waals surface area contributed by atoms with E-state index in [0.29, 0.717) is 24.4 Å². The van der Waals surface area contributed by atoms with Gasteiger partial charge < -0.3 is 18.9 Å². The Hall–Kier alpha value is -0.160. The summed E-state index contributed by atoms with van der Waals surface area (Å²) in [5.74, 6) is 3.49. The van der Waals surface area contributed by atoms with Gasteiger partial charge in [0.15, 0.2) is 12.6 Å². The van der Waals surface area contributed by atoms with Crippen LogP contribution in [0.15, 0.2) is 0 Å². The van der Waals surface area contributed by atoms with Crippen LogP contribution in [-0.2, 0) is 18.9 Å². The Morgan fingerprint density at radius 3 is 0.912 bits per heavy atom. The van der Waals surface area contributed by atoms with E-state index in [0.717, 1.165) is 49.4 Å². The fraction of sp³-hybridized carbons (Fsp3) is 1.00. The van der Waals surface area contributed by atoms with Gasteiger partial charge in [-0.2, -0.15) is 0 Å². The molecule has 34 heavy (non-hydrogen) atoms. The summed E-state index contributed by atoms with van der Waals surface area (Å²) in [7, 11) is 0. The van der Waals surface area contributed by atoms with Gasteiger partial charge in [-0.15, -0.1) is 0 Å². The van der Waals surface area contributed by atoms with Gasteiger partial charge >= 0.3 is 0 Å². The van der Waals surface area contributed by atoms with Crippen molar-refractivity contribution in [2.45, 2.75) is 168 Å². The topological polar surface area (TPSA) is 36.9 Å². The minimum atomic E-state index is -0.0968. The summed E-state index contributed by atoms with van der Waals surface area (Å²) in [5.41, 5.74) is 0. The number of hydrogen-bond acceptors (Lipinski definition) is 4. The Morgan fingerprint density at radius 2 is 0.676 bits per heavy atom. The summed E-state index contributed by atoms with van der Waals surface area (Å²) in [5, 5.41) is 0. The maximum atomic E-state index is 6.29. The van der Waals surface area contributed by atoms with E-state index in [4.69, 9.17) is 18.9 Å². The SMILES string of the molecule is CCC(C)C1CCC(OC(C)OC2CCC(OC(C)OC3CCC(C(C)CC)CC3)CC2)CC1. The van der Waals surface area contributed by atoms with Crippen molar-refractivity contribution in [1.82, 2.24) is 0 Å². The van der Waals surface area contributed by atoms with Crippen LogP contribution in [0.1, 0.15) is 131 Å². The van der Waals surface area contributed by atoms with Gasteiger partial charge in [-0.1, -0.05) is 40.5 Å². The van der Waals surface area contributed by atoms with Crippen molar-refractivity contribution in [3.05, 3.63) is 0 Å². The van der Waals surface area contributed by atoms with E-state index >= 15 is 0 Å². The molecule has 0 radical (unpaired) electrons. The predicted molar refractivity (Wildman–Crippen MR) is 140 cm³/mol. The van der Waals surface area contributed by atoms with Crippen LogP contribution < -0.4 is 0 Å². The largest absolute Gasteiger partial charge is 0.350 e. The molecule has 0 bridgehead atoms. The second kappa shape index (κ2) is 14.5. The van der Waals surface area contributed by atoms with Gasteiger partial charge in [0.2, 0.25) is 0 Å². The third-order valence-electron chi connectivity index (χ3n) is 9.49. The number of ether oxygens (including phenoxy) is 4. The monoisotopic (exact) mass is 480 g/mol. The fourth-order valence-electron chi connectivity index (χ4n) is 6.71. The van der Waals surface area contributed by atoms with Gasteiger partial charge in [0, 0.05) is 0 Å². The van der Waals surface area contributed by atoms with Crippen LogP contribution in [0.4, 0.5) is 0 Å². The molecule has 3 aliphatic rings. The second-order valence-corrected chi connectivity index (χ2v) is 11.9. The van der Waals surface area contributed by atoms with Gasteiger partial charge in [-0.05, 0) is 115 Å². The second-order valence-electron chi connectivity index (χ2n) is 11.9. The molecule has 0 heterocycles. The van der Waals surface area contributed by atoms with Crippen molar-refractivity contribution in [2.75, 3.05) is 0 Å². The van der Waals surface area contributed by atoms with Gasteiger partial charge in [-0.3, -0.25) is 0 Å². The van der Waals surface area contributed by atoms with Crippen LogP contribution >= 0.6 is 0 Å². The number of rotatable bonds is 12. The van der Waals surface area contributed by atoms with Crippen LogP contribution in [0, 0.1) is 23.7 Å². The van der Waals surface area contributed by atoms with Gasteiger partial charge in [0.05, 0.1) is 24.4 Å². The molecular weight excluding hydrogens is 424 g/mol. The molecule has 4 heteroatoms. The lowest BCUT2D eigenvalue weighted by molar-refractivity contribution is -0.217. The van der Waals surface area contributed by atoms with Crippen molar-refractivity contribution >= 4 is 0 Å². The maximum Gasteiger partial charge on any atom is 0.155 e. The lowest BCUT2D eigenvalue weighted by Gasteiger charge is -2.36. The first kappa shape index (κ1) is 28.4. The van der Waals surface area contributed by atoms with Gasteiger partial charge in [-0.25, -0.2) is 0 Å². The van der Waals surface area contributed by atoms with Crippen LogP contribution in [-0.4, -0.2) is 37.0 Å². The quantitative estimate of drug-likeness (QED) is 0.263. The van der Waals surface area contributed by atoms with Crippen LogP contribution in [0.25, 0.3) is 0 Å². The molecule has 3 aliphatic carbocycles. The molecule has 4 nitrogen and oxygen atoms in total. The molecule has 3 saturated carbocycles. The highest BCUT2D eigenvalue weighted by Crippen LogP contribution is 2.35. The molecule has 3 rings (SSSR count). The Kier molecular flexibility index (Phi) is 12.2. The minimum absolute atomic E-state index is 0.0968. The average molecular weight is 481 g/mol. The normalized spacial score (nSPS) is 36.5. The first-order valence-corrected chi connectivity index (χ1v) is 15.0. The summed E-state index contributed by atoms with van der Waals surface area (Å²) in [6.07, 6.45) is 18.1. The minimum Gasteiger partial charge on any atom is -0.350 e. The molecule has 4 atom stereocenters. The lowest BCUT2D eigenvalue weighted by atomic mass is 9.79. The Labute approximate surface area is 211 Å². The zero-order valence-electron chi connectivity index (χ0n) is 23.3. The maximum absolute atomic E-state index is 6.29. The highest BCUT2D eigenvalue weighted by atomic mass is 16.7. The van der Waals surface area contributed by atoms with Crippen LogP contribution in [0.2, 0.25) is 0 Å². The standard InChI is InChI=1S/C30H56O4/c1-7-21(3)25-9-13-27(14-10-25)31-23(5)33-29-17-19-30(20-18-29)34-24(6)32-28-15-11-26(12-16-28)22(4)8-2/h21-30H,7-20H2,1-6H3. The zero-order chi connectivity index (χ0) is 24.5. The smallest absolute Gasteiger partial charge is 0.155 e. The van der Waals surface area contributed by atoms with Crippen molar-refractivity contribution < 1.29 is 18.9 Å². The summed E-state index contributed by atoms with van der Waals surface area (Å²) in [6.45, 7) is 13.6. The first-order chi connectivity index (χ1) is 16.4. The van der Waals surface area contributed by atoms with E-state index in [1.807, 2.05) is 0 Å². The molecule has 4 unspecified atom stereocenters.